The standard InChI is InChI=1S/C24H19N5O2/c30-22(26-27-24(31)18-8-3-1-4-9-18)14-13-20-17-29(21-11-5-2-6-12-21)28-23(20)19-10-7-15-25-16-19/h1-17H,(H,26,30)(H,27,31)/b14-13+. The summed E-state index contributed by atoms with van der Waals surface area (Å²) in [6, 6.07) is 22.1. The van der Waals surface area contributed by atoms with E-state index in [1.807, 2.05) is 54.7 Å². The summed E-state index contributed by atoms with van der Waals surface area (Å²) in [6.07, 6.45) is 8.24. The van der Waals surface area contributed by atoms with Gasteiger partial charge in [-0.05, 0) is 42.5 Å². The van der Waals surface area contributed by atoms with Gasteiger partial charge in [0, 0.05) is 41.4 Å². The second kappa shape index (κ2) is 9.32. The zero-order chi connectivity index (χ0) is 21.5. The third kappa shape index (κ3) is 4.91. The molecule has 0 aliphatic rings. The van der Waals surface area contributed by atoms with E-state index in [1.54, 1.807) is 47.4 Å². The molecular weight excluding hydrogens is 390 g/mol. The molecule has 7 heteroatoms. The molecule has 2 N–H and O–H groups in total. The van der Waals surface area contributed by atoms with E-state index in [0.717, 1.165) is 16.8 Å². The molecule has 4 aromatic rings. The van der Waals surface area contributed by atoms with Gasteiger partial charge in [0.1, 0.15) is 5.69 Å². The van der Waals surface area contributed by atoms with E-state index in [9.17, 15) is 9.59 Å². The minimum atomic E-state index is -0.464. The van der Waals surface area contributed by atoms with Crippen molar-refractivity contribution in [2.75, 3.05) is 0 Å². The highest BCUT2D eigenvalue weighted by molar-refractivity contribution is 5.98. The topological polar surface area (TPSA) is 88.9 Å². The lowest BCUT2D eigenvalue weighted by atomic mass is 10.1. The molecule has 152 valence electrons. The Kier molecular flexibility index (Phi) is 5.95. The number of benzene rings is 2. The number of aromatic nitrogens is 3. The Morgan fingerprint density at radius 2 is 1.61 bits per heavy atom. The summed E-state index contributed by atoms with van der Waals surface area (Å²) in [5.41, 5.74) is 8.38. The van der Waals surface area contributed by atoms with Crippen LogP contribution in [-0.4, -0.2) is 26.6 Å². The van der Waals surface area contributed by atoms with Crippen LogP contribution in [0.2, 0.25) is 0 Å². The molecule has 0 radical (unpaired) electrons. The van der Waals surface area contributed by atoms with Gasteiger partial charge >= 0.3 is 0 Å². The first-order valence-electron chi connectivity index (χ1n) is 9.59. The lowest BCUT2D eigenvalue weighted by molar-refractivity contribution is -0.117. The molecule has 2 amide bonds. The van der Waals surface area contributed by atoms with E-state index in [-0.39, 0.29) is 0 Å². The van der Waals surface area contributed by atoms with E-state index in [1.165, 1.54) is 6.08 Å². The molecule has 0 aliphatic carbocycles. The van der Waals surface area contributed by atoms with Gasteiger partial charge in [-0.15, -0.1) is 0 Å². The Balaban J connectivity index is 1.52. The van der Waals surface area contributed by atoms with Crippen LogP contribution in [0.4, 0.5) is 0 Å². The quantitative estimate of drug-likeness (QED) is 0.391. The van der Waals surface area contributed by atoms with Crippen molar-refractivity contribution in [3.05, 3.63) is 109 Å². The van der Waals surface area contributed by atoms with Crippen LogP contribution in [0, 0.1) is 0 Å². The molecular formula is C24H19N5O2. The fraction of sp³-hybridized carbons (Fsp3) is 0. The minimum Gasteiger partial charge on any atom is -0.268 e. The summed E-state index contributed by atoms with van der Waals surface area (Å²) < 4.78 is 1.75. The highest BCUT2D eigenvalue weighted by Crippen LogP contribution is 2.24. The van der Waals surface area contributed by atoms with Crippen LogP contribution in [0.15, 0.2) is 97.5 Å². The van der Waals surface area contributed by atoms with Crippen LogP contribution >= 0.6 is 0 Å². The van der Waals surface area contributed by atoms with Gasteiger partial charge < -0.3 is 0 Å². The van der Waals surface area contributed by atoms with Crippen LogP contribution in [0.1, 0.15) is 15.9 Å². The van der Waals surface area contributed by atoms with Crippen LogP contribution in [0.3, 0.4) is 0 Å². The van der Waals surface area contributed by atoms with Crippen LogP contribution in [-0.2, 0) is 4.79 Å². The van der Waals surface area contributed by atoms with Crippen molar-refractivity contribution in [3.8, 4) is 16.9 Å². The molecule has 4 rings (SSSR count). The molecule has 31 heavy (non-hydrogen) atoms. The number of rotatable bonds is 5. The van der Waals surface area contributed by atoms with Crippen molar-refractivity contribution in [1.82, 2.24) is 25.6 Å². The number of pyridine rings is 1. The van der Waals surface area contributed by atoms with E-state index in [0.29, 0.717) is 11.3 Å². The van der Waals surface area contributed by atoms with Crippen LogP contribution < -0.4 is 10.9 Å². The number of carbonyl (C=O) groups excluding carboxylic acids is 2. The molecule has 0 saturated heterocycles. The zero-order valence-corrected chi connectivity index (χ0v) is 16.5. The normalized spacial score (nSPS) is 10.7. The second-order valence-electron chi connectivity index (χ2n) is 6.60. The van der Waals surface area contributed by atoms with Crippen molar-refractivity contribution in [2.24, 2.45) is 0 Å². The first-order chi connectivity index (χ1) is 15.2. The van der Waals surface area contributed by atoms with Crippen molar-refractivity contribution >= 4 is 17.9 Å². The van der Waals surface area contributed by atoms with E-state index in [2.05, 4.69) is 20.9 Å². The van der Waals surface area contributed by atoms with Crippen molar-refractivity contribution in [3.63, 3.8) is 0 Å². The SMILES string of the molecule is O=C(/C=C/c1cn(-c2ccccc2)nc1-c1cccnc1)NNC(=O)c1ccccc1. The molecule has 0 unspecified atom stereocenters. The summed E-state index contributed by atoms with van der Waals surface area (Å²) in [4.78, 5) is 28.4. The molecule has 0 bridgehead atoms. The molecule has 0 saturated carbocycles. The van der Waals surface area contributed by atoms with Crippen LogP contribution in [0.5, 0.6) is 0 Å². The van der Waals surface area contributed by atoms with Gasteiger partial charge in [0.25, 0.3) is 11.8 Å². The second-order valence-corrected chi connectivity index (χ2v) is 6.60. The number of nitrogens with zero attached hydrogens (tertiary/aromatic N) is 3. The minimum absolute atomic E-state index is 0.393. The van der Waals surface area contributed by atoms with Crippen molar-refractivity contribution < 1.29 is 9.59 Å². The van der Waals surface area contributed by atoms with Crippen LogP contribution in [0.25, 0.3) is 23.0 Å². The first-order valence-corrected chi connectivity index (χ1v) is 9.59. The maximum absolute atomic E-state index is 12.2. The summed E-state index contributed by atoms with van der Waals surface area (Å²) in [7, 11) is 0. The smallest absolute Gasteiger partial charge is 0.268 e. The highest BCUT2D eigenvalue weighted by Gasteiger charge is 2.11. The molecule has 2 aromatic carbocycles. The van der Waals surface area contributed by atoms with Gasteiger partial charge in [-0.3, -0.25) is 25.4 Å². The lowest BCUT2D eigenvalue weighted by Gasteiger charge is -2.04. The largest absolute Gasteiger partial charge is 0.269 e. The predicted molar refractivity (Wildman–Crippen MR) is 118 cm³/mol. The van der Waals surface area contributed by atoms with Gasteiger partial charge in [0.05, 0.1) is 5.69 Å². The molecule has 2 heterocycles. The van der Waals surface area contributed by atoms with E-state index < -0.39 is 11.8 Å². The molecule has 0 atom stereocenters. The maximum Gasteiger partial charge on any atom is 0.269 e. The number of hydrogen-bond donors (Lipinski definition) is 2. The number of hydrazine groups is 1. The molecule has 0 aliphatic heterocycles. The number of amides is 2. The molecule has 0 fully saturated rings. The first kappa shape index (κ1) is 19.8. The summed E-state index contributed by atoms with van der Waals surface area (Å²) >= 11 is 0. The van der Waals surface area contributed by atoms with Gasteiger partial charge in [-0.25, -0.2) is 4.68 Å². The average Bonchev–Trinajstić information content (AvgIpc) is 3.27. The van der Waals surface area contributed by atoms with Gasteiger partial charge in [0.2, 0.25) is 0 Å². The van der Waals surface area contributed by atoms with Crippen molar-refractivity contribution in [2.45, 2.75) is 0 Å². The van der Waals surface area contributed by atoms with E-state index in [4.69, 9.17) is 0 Å². The van der Waals surface area contributed by atoms with Crippen molar-refractivity contribution in [1.29, 1.82) is 0 Å². The predicted octanol–water partition coefficient (Wildman–Crippen LogP) is 3.41. The Hall–Kier alpha value is -4.52. The zero-order valence-electron chi connectivity index (χ0n) is 16.5. The monoisotopic (exact) mass is 409 g/mol. The molecule has 7 nitrogen and oxygen atoms in total. The fourth-order valence-electron chi connectivity index (χ4n) is 2.94. The molecule has 0 spiro atoms. The van der Waals surface area contributed by atoms with Gasteiger partial charge in [-0.2, -0.15) is 5.10 Å². The third-order valence-electron chi connectivity index (χ3n) is 4.45. The lowest BCUT2D eigenvalue weighted by Crippen LogP contribution is -2.40. The molecule has 2 aromatic heterocycles. The third-order valence-corrected chi connectivity index (χ3v) is 4.45. The summed E-state index contributed by atoms with van der Waals surface area (Å²) in [5, 5.41) is 4.67. The average molecular weight is 409 g/mol. The number of hydrogen-bond acceptors (Lipinski definition) is 4. The number of carbonyl (C=O) groups is 2. The number of para-hydroxylation sites is 1. The number of nitrogens with one attached hydrogen (secondary N) is 2. The Morgan fingerprint density at radius 3 is 2.32 bits per heavy atom. The Bertz CT molecular complexity index is 1200. The fourth-order valence-corrected chi connectivity index (χ4v) is 2.94. The summed E-state index contributed by atoms with van der Waals surface area (Å²) in [5.74, 6) is -0.857. The van der Waals surface area contributed by atoms with Gasteiger partial charge in [0.15, 0.2) is 0 Å². The Labute approximate surface area is 179 Å². The Morgan fingerprint density at radius 1 is 0.871 bits per heavy atom. The van der Waals surface area contributed by atoms with E-state index >= 15 is 0 Å². The maximum atomic E-state index is 12.2. The van der Waals surface area contributed by atoms with Gasteiger partial charge in [-0.1, -0.05) is 36.4 Å². The summed E-state index contributed by atoms with van der Waals surface area (Å²) in [6.45, 7) is 0. The highest BCUT2D eigenvalue weighted by atomic mass is 16.2.